The van der Waals surface area contributed by atoms with Gasteiger partial charge >= 0.3 is 0 Å². The minimum absolute atomic E-state index is 0.0800. The fourth-order valence-electron chi connectivity index (χ4n) is 4.11. The van der Waals surface area contributed by atoms with Crippen molar-refractivity contribution in [2.75, 3.05) is 0 Å². The molecule has 5 rings (SSSR count). The molecule has 5 aromatic rings. The second kappa shape index (κ2) is 12.4. The van der Waals surface area contributed by atoms with Gasteiger partial charge in [-0.2, -0.15) is 0 Å². The number of rotatable bonds is 6. The summed E-state index contributed by atoms with van der Waals surface area (Å²) >= 11 is 1.71. The number of fused-ring (bicyclic) bond motifs is 6. The zero-order valence-corrected chi connectivity index (χ0v) is 25.3. The Morgan fingerprint density at radius 2 is 1.02 bits per heavy atom. The van der Waals surface area contributed by atoms with Crippen LogP contribution >= 0.6 is 22.7 Å². The molecule has 44 heavy (non-hydrogen) atoms. The van der Waals surface area contributed by atoms with Crippen molar-refractivity contribution in [2.45, 2.75) is 39.9 Å². The number of nitro groups is 2. The molecule has 0 aliphatic heterocycles. The van der Waals surface area contributed by atoms with Crippen LogP contribution in [0.3, 0.4) is 0 Å². The van der Waals surface area contributed by atoms with Gasteiger partial charge in [0.15, 0.2) is 23.1 Å². The first kappa shape index (κ1) is 30.6. The summed E-state index contributed by atoms with van der Waals surface area (Å²) in [5.41, 5.74) is -0.139. The van der Waals surface area contributed by atoms with Crippen molar-refractivity contribution in [1.82, 2.24) is 0 Å². The Kier molecular flexibility index (Phi) is 8.65. The number of nitro benzene ring substituents is 2. The molecule has 0 atom stereocenters. The van der Waals surface area contributed by atoms with E-state index in [1.807, 2.05) is 0 Å². The van der Waals surface area contributed by atoms with Crippen molar-refractivity contribution in [3.05, 3.63) is 92.5 Å². The van der Waals surface area contributed by atoms with Gasteiger partial charge in [-0.15, -0.1) is 22.7 Å². The maximum Gasteiger partial charge on any atom is 0.286 e. The molecule has 0 saturated heterocycles. The van der Waals surface area contributed by atoms with E-state index in [9.17, 15) is 20.2 Å². The van der Waals surface area contributed by atoms with E-state index in [1.54, 1.807) is 27.7 Å². The third-order valence-corrected chi connectivity index (χ3v) is 8.04. The Morgan fingerprint density at radius 3 is 1.36 bits per heavy atom. The minimum atomic E-state index is -0.724. The molecule has 0 aliphatic rings. The number of ether oxygens (including phenoxy) is 2. The molecule has 4 aromatic carbocycles. The second-order valence-corrected chi connectivity index (χ2v) is 12.1. The van der Waals surface area contributed by atoms with Crippen LogP contribution in [-0.4, -0.2) is 22.1 Å². The highest BCUT2D eigenvalue weighted by Crippen LogP contribution is 2.36. The van der Waals surface area contributed by atoms with Crippen molar-refractivity contribution in [1.29, 1.82) is 0 Å². The quantitative estimate of drug-likeness (QED) is 0.132. The molecule has 14 heteroatoms. The van der Waals surface area contributed by atoms with Crippen LogP contribution in [0.4, 0.5) is 20.2 Å². The van der Waals surface area contributed by atoms with Crippen LogP contribution in [0, 0.1) is 31.9 Å². The highest BCUT2D eigenvalue weighted by Gasteiger charge is 2.16. The molecule has 0 fully saturated rings. The van der Waals surface area contributed by atoms with Crippen LogP contribution in [0.15, 0.2) is 69.5 Å². The molecule has 0 N–H and O–H groups in total. The molecule has 0 amide bonds. The summed E-state index contributed by atoms with van der Waals surface area (Å²) in [6.07, 6.45) is -0.754. The number of benzene rings is 4. The first-order chi connectivity index (χ1) is 20.9. The van der Waals surface area contributed by atoms with Gasteiger partial charge in [-0.25, -0.2) is 8.78 Å². The van der Waals surface area contributed by atoms with Crippen LogP contribution in [0.5, 0.6) is 11.5 Å². The third-order valence-electron chi connectivity index (χ3n) is 5.87. The van der Waals surface area contributed by atoms with E-state index in [-0.39, 0.29) is 76.2 Å². The monoisotopic (exact) mass is 642 g/mol. The first-order valence-electron chi connectivity index (χ1n) is 13.2. The molecular formula is C30H24F2N2O8S2. The van der Waals surface area contributed by atoms with Crippen molar-refractivity contribution < 1.29 is 36.9 Å². The molecule has 4 bridgehead atoms. The Bertz CT molecular complexity index is 1940. The van der Waals surface area contributed by atoms with E-state index in [2.05, 4.69) is 0 Å². The van der Waals surface area contributed by atoms with Crippen LogP contribution in [0.1, 0.15) is 27.7 Å². The number of hydrogen-bond donors (Lipinski definition) is 0. The summed E-state index contributed by atoms with van der Waals surface area (Å²) in [5.74, 6) is -1.68. The summed E-state index contributed by atoms with van der Waals surface area (Å²) < 4.78 is 54.2. The van der Waals surface area contributed by atoms with Crippen molar-refractivity contribution in [2.24, 2.45) is 0 Å². The molecular weight excluding hydrogens is 618 g/mol. The fraction of sp³-hybridized carbons (Fsp3) is 0.200. The molecule has 228 valence electrons. The summed E-state index contributed by atoms with van der Waals surface area (Å²) in [5, 5.41) is 23.9. The maximum atomic E-state index is 15.2. The lowest BCUT2D eigenvalue weighted by Gasteiger charge is -2.11. The van der Waals surface area contributed by atoms with E-state index in [1.165, 1.54) is 48.5 Å². The van der Waals surface area contributed by atoms with E-state index in [0.717, 1.165) is 34.8 Å². The molecule has 10 nitrogen and oxygen atoms in total. The smallest absolute Gasteiger partial charge is 0.286 e. The average molecular weight is 643 g/mol. The summed E-state index contributed by atoms with van der Waals surface area (Å²) in [7, 11) is 0. The molecule has 0 radical (unpaired) electrons. The van der Waals surface area contributed by atoms with Gasteiger partial charge in [0.05, 0.1) is 31.5 Å². The number of non-ortho nitro benzene ring substituents is 2. The van der Waals surface area contributed by atoms with Crippen LogP contribution < -0.4 is 9.47 Å². The average Bonchev–Trinajstić information content (AvgIpc) is 2.92. The van der Waals surface area contributed by atoms with Gasteiger partial charge in [-0.1, -0.05) is 0 Å². The molecule has 0 saturated carbocycles. The second-order valence-electron chi connectivity index (χ2n) is 9.97. The normalized spacial score (nSPS) is 11.3. The first-order valence-corrected chi connectivity index (χ1v) is 14.8. The summed E-state index contributed by atoms with van der Waals surface area (Å²) in [6, 6.07) is 12.8. The van der Waals surface area contributed by atoms with Gasteiger partial charge in [0.2, 0.25) is 0 Å². The molecule has 0 spiro atoms. The number of hydrogen-bond acceptors (Lipinski definition) is 10. The summed E-state index contributed by atoms with van der Waals surface area (Å²) in [6.45, 7) is 6.87. The Balaban J connectivity index is 2.03. The maximum absolute atomic E-state index is 15.2. The van der Waals surface area contributed by atoms with Crippen LogP contribution in [0.2, 0.25) is 0 Å². The van der Waals surface area contributed by atoms with E-state index in [0.29, 0.717) is 0 Å². The number of nitrogens with zero attached hydrogens (tertiary/aromatic N) is 2. The topological polar surface area (TPSA) is 131 Å². The highest BCUT2D eigenvalue weighted by molar-refractivity contribution is 7.24. The zero-order chi connectivity index (χ0) is 31.7. The van der Waals surface area contributed by atoms with Gasteiger partial charge in [-0.05, 0) is 52.0 Å². The highest BCUT2D eigenvalue weighted by atomic mass is 32.1. The number of halogens is 2. The molecule has 1 aromatic heterocycles. The Hall–Kier alpha value is -4.82. The Morgan fingerprint density at radius 1 is 0.636 bits per heavy atom. The van der Waals surface area contributed by atoms with Crippen molar-refractivity contribution in [3.63, 3.8) is 0 Å². The van der Waals surface area contributed by atoms with Gasteiger partial charge < -0.3 is 18.3 Å². The van der Waals surface area contributed by atoms with Gasteiger partial charge in [0.1, 0.15) is 31.7 Å². The van der Waals surface area contributed by atoms with E-state index >= 15 is 8.78 Å². The zero-order valence-electron chi connectivity index (χ0n) is 23.7. The fourth-order valence-corrected chi connectivity index (χ4v) is 6.16. The largest absolute Gasteiger partial charge is 0.488 e. The predicted molar refractivity (Wildman–Crippen MR) is 166 cm³/mol. The van der Waals surface area contributed by atoms with Crippen molar-refractivity contribution in [3.8, 4) is 11.5 Å². The van der Waals surface area contributed by atoms with Gasteiger partial charge in [-0.3, -0.25) is 20.2 Å². The lowest BCUT2D eigenvalue weighted by molar-refractivity contribution is -0.383. The van der Waals surface area contributed by atoms with Gasteiger partial charge in [0.25, 0.3) is 11.4 Å². The molecule has 0 aliphatic carbocycles. The van der Waals surface area contributed by atoms with E-state index in [4.69, 9.17) is 18.3 Å². The predicted octanol–water partition coefficient (Wildman–Crippen LogP) is 10.1. The SMILES string of the molecule is CC(C)Oc1cc2oc3ccc([N+](=O)[O-])c(c3)sc3cc(F)c(OC(C)C)cc3oc3ccc([N+](=O)[O-])c(c3)sc2cc1F. The standard InChI is InChI=1S/C30H24F2N2O8S2/c1-15(2)39-23-13-25-29(11-19(23)31)43-27-10-18(6-8-21(27)33(35)36)42-26-14-24(40-16(3)4)20(32)12-30(26)44-28-9-17(41-25)5-7-22(28)34(37)38/h5-16H,1-4H3. The van der Waals surface area contributed by atoms with Crippen LogP contribution in [0.25, 0.3) is 41.1 Å². The Labute approximate surface area is 255 Å². The molecule has 1 heterocycles. The third kappa shape index (κ3) is 6.71. The van der Waals surface area contributed by atoms with Gasteiger partial charge in [0, 0.05) is 36.4 Å². The lowest BCUT2D eigenvalue weighted by atomic mass is 10.3. The van der Waals surface area contributed by atoms with E-state index < -0.39 is 21.5 Å². The minimum Gasteiger partial charge on any atom is -0.488 e. The summed E-state index contributed by atoms with van der Waals surface area (Å²) in [4.78, 5) is 22.7. The molecule has 0 unspecified atom stereocenters. The lowest BCUT2D eigenvalue weighted by Crippen LogP contribution is -2.06. The van der Waals surface area contributed by atoms with Crippen LogP contribution in [-0.2, 0) is 0 Å². The van der Waals surface area contributed by atoms with Crippen molar-refractivity contribution >= 4 is 75.2 Å².